The number of hydrogen-bond acceptors (Lipinski definition) is 7. The molecule has 0 aliphatic carbocycles. The predicted molar refractivity (Wildman–Crippen MR) is 228 cm³/mol. The fourth-order valence-electron chi connectivity index (χ4n) is 6.60. The Bertz CT molecular complexity index is 1830. The van der Waals surface area contributed by atoms with Gasteiger partial charge in [-0.25, -0.2) is 9.78 Å². The third-order valence-electron chi connectivity index (χ3n) is 9.51. The summed E-state index contributed by atoms with van der Waals surface area (Å²) in [7, 11) is -2.73. The first-order chi connectivity index (χ1) is 26.7. The van der Waals surface area contributed by atoms with Crippen LogP contribution in [0, 0.1) is 0 Å². The zero-order valence-electron chi connectivity index (χ0n) is 32.7. The number of ether oxygens (including phenoxy) is 1. The number of urea groups is 1. The van der Waals surface area contributed by atoms with Crippen molar-refractivity contribution in [3.63, 3.8) is 0 Å². The number of hydrogen-bond donors (Lipinski definition) is 5. The lowest BCUT2D eigenvalue weighted by Gasteiger charge is -2.43. The minimum Gasteiger partial charge on any atom is -0.534 e. The summed E-state index contributed by atoms with van der Waals surface area (Å²) in [5.41, 5.74) is 2.64. The van der Waals surface area contributed by atoms with Gasteiger partial charge >= 0.3 is 14.3 Å². The molecule has 0 unspecified atom stereocenters. The second kappa shape index (κ2) is 20.5. The van der Waals surface area contributed by atoms with E-state index in [1.807, 2.05) is 54.6 Å². The van der Waals surface area contributed by atoms with Gasteiger partial charge in [0.1, 0.15) is 24.2 Å². The summed E-state index contributed by atoms with van der Waals surface area (Å²) in [6.07, 6.45) is 6.24. The number of aliphatic hydroxyl groups is 1. The highest BCUT2D eigenvalue weighted by atomic mass is 28.4. The fourth-order valence-corrected chi connectivity index (χ4v) is 11.0. The molecule has 10 heteroatoms. The lowest BCUT2D eigenvalue weighted by Crippen LogP contribution is -2.68. The van der Waals surface area contributed by atoms with Crippen molar-refractivity contribution in [3.05, 3.63) is 133 Å². The van der Waals surface area contributed by atoms with E-state index >= 15 is 0 Å². The number of benzene rings is 4. The van der Waals surface area contributed by atoms with Gasteiger partial charge in [-0.2, -0.15) is 0 Å². The number of rotatable bonds is 20. The van der Waals surface area contributed by atoms with Gasteiger partial charge in [-0.1, -0.05) is 120 Å². The van der Waals surface area contributed by atoms with Crippen LogP contribution in [-0.4, -0.2) is 56.8 Å². The highest BCUT2D eigenvalue weighted by molar-refractivity contribution is 7.00. The zero-order valence-corrected chi connectivity index (χ0v) is 33.7. The monoisotopic (exact) mass is 759 g/mol. The van der Waals surface area contributed by atoms with Gasteiger partial charge in [0.25, 0.3) is 0 Å². The zero-order chi connectivity index (χ0) is 38.9. The molecule has 55 heavy (non-hydrogen) atoms. The summed E-state index contributed by atoms with van der Waals surface area (Å²) < 4.78 is 13.0. The first-order valence-electron chi connectivity index (χ1n) is 19.5. The molecule has 4 aromatic carbocycles. The van der Waals surface area contributed by atoms with Crippen molar-refractivity contribution in [2.45, 2.75) is 70.9 Å². The van der Waals surface area contributed by atoms with Crippen molar-refractivity contribution in [2.24, 2.45) is 0 Å². The Morgan fingerprint density at radius 3 is 2.07 bits per heavy atom. The molecule has 0 fully saturated rings. The topological polar surface area (TPSA) is 117 Å². The van der Waals surface area contributed by atoms with Crippen molar-refractivity contribution in [2.75, 3.05) is 36.9 Å². The number of pyridine rings is 1. The maximum Gasteiger partial charge on any atom is 0.319 e. The first-order valence-corrected chi connectivity index (χ1v) is 21.4. The molecule has 5 rings (SSSR count). The molecular formula is C45H57N5O4Si. The van der Waals surface area contributed by atoms with Crippen LogP contribution in [0.15, 0.2) is 128 Å². The molecule has 290 valence electrons. The van der Waals surface area contributed by atoms with Crippen molar-refractivity contribution in [1.82, 2.24) is 15.6 Å². The molecule has 1 atom stereocenters. The van der Waals surface area contributed by atoms with Crippen LogP contribution in [0.3, 0.4) is 0 Å². The lowest BCUT2D eigenvalue weighted by atomic mass is 10.1. The van der Waals surface area contributed by atoms with Crippen LogP contribution in [0.4, 0.5) is 22.0 Å². The quantitative estimate of drug-likeness (QED) is 0.0403. The summed E-state index contributed by atoms with van der Waals surface area (Å²) in [4.78, 5) is 16.8. The average molecular weight is 760 g/mol. The summed E-state index contributed by atoms with van der Waals surface area (Å²) in [5.74, 6) is 2.05. The maximum absolute atomic E-state index is 12.4. The molecule has 0 aliphatic rings. The molecule has 9 nitrogen and oxygen atoms in total. The maximum atomic E-state index is 12.4. The van der Waals surface area contributed by atoms with Crippen LogP contribution in [0.5, 0.6) is 11.5 Å². The minimum absolute atomic E-state index is 0.140. The van der Waals surface area contributed by atoms with E-state index in [9.17, 15) is 9.90 Å². The van der Waals surface area contributed by atoms with E-state index in [-0.39, 0.29) is 17.7 Å². The standard InChI is InChI=1S/C45H57N5O4Si/c1-5-6-7-14-30-48-44(52)50-42-20-15-31-47-43(42)49-36-23-21-35(22-24-36)29-32-46-33-37(51)34-53-38-25-27-39(28-26-38)54-55(45(2,3)4,40-16-10-8-11-17-40)41-18-12-9-13-19-41/h8-13,15-28,31,37,46,51H,5-7,14,29-30,32-34H2,1-4H3,(H,47,49)(H2,48,50,52)/t37-/m0/s1. The van der Waals surface area contributed by atoms with Crippen LogP contribution in [-0.2, 0) is 6.42 Å². The van der Waals surface area contributed by atoms with E-state index in [0.29, 0.717) is 36.9 Å². The fraction of sp³-hybridized carbons (Fsp3) is 0.333. The number of nitrogens with zero attached hydrogens (tertiary/aromatic N) is 1. The van der Waals surface area contributed by atoms with Gasteiger partial charge in [0.05, 0.1) is 5.69 Å². The Morgan fingerprint density at radius 1 is 0.782 bits per heavy atom. The Kier molecular flexibility index (Phi) is 15.3. The van der Waals surface area contributed by atoms with Crippen LogP contribution in [0.25, 0.3) is 0 Å². The van der Waals surface area contributed by atoms with Crippen LogP contribution in [0.1, 0.15) is 58.9 Å². The number of amides is 2. The van der Waals surface area contributed by atoms with Crippen molar-refractivity contribution in [1.29, 1.82) is 0 Å². The third kappa shape index (κ3) is 11.9. The number of aromatic nitrogens is 1. The van der Waals surface area contributed by atoms with E-state index in [0.717, 1.165) is 42.7 Å². The van der Waals surface area contributed by atoms with Crippen LogP contribution >= 0.6 is 0 Å². The van der Waals surface area contributed by atoms with Crippen molar-refractivity contribution < 1.29 is 19.1 Å². The third-order valence-corrected chi connectivity index (χ3v) is 14.5. The molecule has 0 bridgehead atoms. The molecule has 0 spiro atoms. The van der Waals surface area contributed by atoms with E-state index in [1.54, 1.807) is 12.3 Å². The Morgan fingerprint density at radius 2 is 1.44 bits per heavy atom. The Labute approximate surface area is 328 Å². The summed E-state index contributed by atoms with van der Waals surface area (Å²) in [6.45, 7) is 10.9. The highest BCUT2D eigenvalue weighted by Gasteiger charge is 2.52. The lowest BCUT2D eigenvalue weighted by molar-refractivity contribution is 0.106. The molecule has 1 aromatic heterocycles. The molecule has 5 N–H and O–H groups in total. The first kappa shape index (κ1) is 41.0. The van der Waals surface area contributed by atoms with Gasteiger partial charge in [0.15, 0.2) is 5.82 Å². The van der Waals surface area contributed by atoms with Crippen LogP contribution < -0.4 is 40.8 Å². The molecule has 2 amide bonds. The highest BCUT2D eigenvalue weighted by Crippen LogP contribution is 2.38. The Balaban J connectivity index is 1.05. The number of aliphatic hydroxyl groups excluding tert-OH is 1. The van der Waals surface area contributed by atoms with Gasteiger partial charge in [-0.05, 0) is 88.9 Å². The molecule has 0 saturated carbocycles. The molecular weight excluding hydrogens is 703 g/mol. The van der Waals surface area contributed by atoms with Crippen molar-refractivity contribution >= 4 is 41.9 Å². The molecule has 0 aliphatic heterocycles. The smallest absolute Gasteiger partial charge is 0.319 e. The molecule has 1 heterocycles. The van der Waals surface area contributed by atoms with Gasteiger partial charge in [0.2, 0.25) is 0 Å². The number of unbranched alkanes of at least 4 members (excludes halogenated alkanes) is 3. The number of anilines is 3. The van der Waals surface area contributed by atoms with Gasteiger partial charge in [0, 0.05) is 25.0 Å². The van der Waals surface area contributed by atoms with Crippen LogP contribution in [0.2, 0.25) is 5.04 Å². The second-order valence-corrected chi connectivity index (χ2v) is 19.0. The normalized spacial score (nSPS) is 12.1. The SMILES string of the molecule is CCCCCCNC(=O)Nc1cccnc1Nc1ccc(CCNC[C@H](O)COc2ccc(O[Si](c3ccccc3)(c3ccccc3)C(C)(C)C)cc2)cc1. The largest absolute Gasteiger partial charge is 0.534 e. The Hall–Kier alpha value is -5.16. The number of nitrogens with one attached hydrogen (secondary N) is 4. The van der Waals surface area contributed by atoms with Crippen molar-refractivity contribution in [3.8, 4) is 11.5 Å². The van der Waals surface area contributed by atoms with Gasteiger partial charge in [-0.3, -0.25) is 0 Å². The second-order valence-electron chi connectivity index (χ2n) is 14.8. The molecule has 0 saturated heterocycles. The number of carbonyl (C=O) groups excluding carboxylic acids is 1. The number of carbonyl (C=O) groups is 1. The minimum atomic E-state index is -2.73. The van der Waals surface area contributed by atoms with E-state index in [4.69, 9.17) is 9.16 Å². The van der Waals surface area contributed by atoms with Gasteiger partial charge in [-0.15, -0.1) is 0 Å². The molecule has 0 radical (unpaired) electrons. The van der Waals surface area contributed by atoms with Gasteiger partial charge < -0.3 is 35.5 Å². The summed E-state index contributed by atoms with van der Waals surface area (Å²) in [5, 5.41) is 25.4. The molecule has 5 aromatic rings. The van der Waals surface area contributed by atoms with E-state index < -0.39 is 14.4 Å². The average Bonchev–Trinajstić information content (AvgIpc) is 3.19. The summed E-state index contributed by atoms with van der Waals surface area (Å²) >= 11 is 0. The van der Waals surface area contributed by atoms with E-state index in [2.05, 4.69) is 115 Å². The predicted octanol–water partition coefficient (Wildman–Crippen LogP) is 8.04. The summed E-state index contributed by atoms with van der Waals surface area (Å²) in [6, 6.07) is 40.4. The van der Waals surface area contributed by atoms with E-state index in [1.165, 1.54) is 16.8 Å².